The van der Waals surface area contributed by atoms with Crippen molar-refractivity contribution in [1.29, 1.82) is 0 Å². The lowest BCUT2D eigenvalue weighted by atomic mass is 10.2. The predicted molar refractivity (Wildman–Crippen MR) is 108 cm³/mol. The van der Waals surface area contributed by atoms with Crippen molar-refractivity contribution in [1.82, 2.24) is 14.5 Å². The molecule has 6 heteroatoms. The van der Waals surface area contributed by atoms with E-state index < -0.39 is 0 Å². The monoisotopic (exact) mass is 374 g/mol. The van der Waals surface area contributed by atoms with Crippen LogP contribution >= 0.6 is 11.3 Å². The first-order valence-electron chi connectivity index (χ1n) is 8.59. The molecule has 0 fully saturated rings. The van der Waals surface area contributed by atoms with Gasteiger partial charge in [0.25, 0.3) is 5.91 Å². The molecule has 27 heavy (non-hydrogen) atoms. The summed E-state index contributed by atoms with van der Waals surface area (Å²) in [4.78, 5) is 22.4. The van der Waals surface area contributed by atoms with E-state index in [1.54, 1.807) is 12.4 Å². The van der Waals surface area contributed by atoms with E-state index in [-0.39, 0.29) is 5.91 Å². The summed E-state index contributed by atoms with van der Waals surface area (Å²) in [6.45, 7) is 2.57. The quantitative estimate of drug-likeness (QED) is 0.555. The molecular weight excluding hydrogens is 356 g/mol. The number of carbonyl (C=O) groups excluding carboxylic acids is 1. The van der Waals surface area contributed by atoms with Gasteiger partial charge in [0.1, 0.15) is 5.69 Å². The molecule has 0 aliphatic carbocycles. The van der Waals surface area contributed by atoms with Gasteiger partial charge in [-0.1, -0.05) is 41.7 Å². The molecule has 0 atom stereocenters. The summed E-state index contributed by atoms with van der Waals surface area (Å²) in [5.74, 6) is -0.164. The highest BCUT2D eigenvalue weighted by Crippen LogP contribution is 2.32. The molecule has 0 spiro atoms. The minimum Gasteiger partial charge on any atom is -0.339 e. The SMILES string of the molecule is Cc1nc(NC(=O)c2cccn2Cc2ccncc2)sc1-c1ccccc1. The van der Waals surface area contributed by atoms with Crippen LogP contribution in [0.25, 0.3) is 10.4 Å². The van der Waals surface area contributed by atoms with E-state index in [0.717, 1.165) is 21.7 Å². The zero-order valence-corrected chi connectivity index (χ0v) is 15.6. The predicted octanol–water partition coefficient (Wildman–Crippen LogP) is 4.62. The van der Waals surface area contributed by atoms with Gasteiger partial charge in [0.05, 0.1) is 10.6 Å². The van der Waals surface area contributed by atoms with E-state index >= 15 is 0 Å². The van der Waals surface area contributed by atoms with E-state index in [1.165, 1.54) is 11.3 Å². The maximum absolute atomic E-state index is 12.8. The number of amides is 1. The number of pyridine rings is 1. The number of benzene rings is 1. The number of hydrogen-bond donors (Lipinski definition) is 1. The lowest BCUT2D eigenvalue weighted by molar-refractivity contribution is 0.101. The van der Waals surface area contributed by atoms with Crippen LogP contribution < -0.4 is 5.32 Å². The van der Waals surface area contributed by atoms with Gasteiger partial charge in [-0.25, -0.2) is 4.98 Å². The van der Waals surface area contributed by atoms with Crippen LogP contribution in [0.1, 0.15) is 21.7 Å². The van der Waals surface area contributed by atoms with Crippen LogP contribution in [-0.4, -0.2) is 20.4 Å². The Hall–Kier alpha value is -3.25. The van der Waals surface area contributed by atoms with E-state index in [1.807, 2.05) is 72.3 Å². The van der Waals surface area contributed by atoms with Crippen LogP contribution in [0.15, 0.2) is 73.2 Å². The highest BCUT2D eigenvalue weighted by molar-refractivity contribution is 7.19. The van der Waals surface area contributed by atoms with Gasteiger partial charge in [-0.15, -0.1) is 0 Å². The summed E-state index contributed by atoms with van der Waals surface area (Å²) in [7, 11) is 0. The van der Waals surface area contributed by atoms with Gasteiger partial charge in [-0.05, 0) is 42.3 Å². The second-order valence-corrected chi connectivity index (χ2v) is 7.13. The summed E-state index contributed by atoms with van der Waals surface area (Å²) >= 11 is 1.49. The number of carbonyl (C=O) groups is 1. The Morgan fingerprint density at radius 2 is 1.85 bits per heavy atom. The Kier molecular flexibility index (Phi) is 4.80. The molecule has 4 aromatic rings. The van der Waals surface area contributed by atoms with Gasteiger partial charge in [0.15, 0.2) is 5.13 Å². The molecule has 0 aliphatic rings. The summed E-state index contributed by atoms with van der Waals surface area (Å²) in [5, 5.41) is 3.54. The van der Waals surface area contributed by atoms with Crippen molar-refractivity contribution in [3.8, 4) is 10.4 Å². The molecule has 3 aromatic heterocycles. The molecule has 1 amide bonds. The molecule has 0 bridgehead atoms. The third kappa shape index (κ3) is 3.80. The number of rotatable bonds is 5. The summed E-state index contributed by atoms with van der Waals surface area (Å²) in [6, 6.07) is 17.7. The molecule has 5 nitrogen and oxygen atoms in total. The molecule has 134 valence electrons. The lowest BCUT2D eigenvalue weighted by Gasteiger charge is -2.08. The smallest absolute Gasteiger partial charge is 0.274 e. The summed E-state index contributed by atoms with van der Waals surface area (Å²) in [5.41, 5.74) is 3.70. The van der Waals surface area contributed by atoms with Gasteiger partial charge < -0.3 is 4.57 Å². The second kappa shape index (κ2) is 7.55. The first-order valence-corrected chi connectivity index (χ1v) is 9.40. The molecule has 0 saturated carbocycles. The first kappa shape index (κ1) is 17.2. The van der Waals surface area contributed by atoms with E-state index in [4.69, 9.17) is 0 Å². The Morgan fingerprint density at radius 1 is 1.07 bits per heavy atom. The van der Waals surface area contributed by atoms with Crippen molar-refractivity contribution in [3.63, 3.8) is 0 Å². The molecule has 1 N–H and O–H groups in total. The van der Waals surface area contributed by atoms with Crippen LogP contribution in [0.3, 0.4) is 0 Å². The standard InChI is InChI=1S/C21H18N4OS/c1-15-19(17-6-3-2-4-7-17)27-21(23-15)24-20(26)18-8-5-13-25(18)14-16-9-11-22-12-10-16/h2-13H,14H2,1H3,(H,23,24,26). The lowest BCUT2D eigenvalue weighted by Crippen LogP contribution is -2.17. The molecule has 0 saturated heterocycles. The maximum Gasteiger partial charge on any atom is 0.274 e. The highest BCUT2D eigenvalue weighted by atomic mass is 32.1. The minimum absolute atomic E-state index is 0.164. The van der Waals surface area contributed by atoms with E-state index in [9.17, 15) is 4.79 Å². The molecule has 0 radical (unpaired) electrons. The third-order valence-corrected chi connectivity index (χ3v) is 5.34. The Labute approximate surface area is 161 Å². The molecule has 0 unspecified atom stereocenters. The normalized spacial score (nSPS) is 10.7. The largest absolute Gasteiger partial charge is 0.339 e. The molecule has 0 aliphatic heterocycles. The van der Waals surface area contributed by atoms with Gasteiger partial charge in [-0.3, -0.25) is 15.1 Å². The van der Waals surface area contributed by atoms with E-state index in [0.29, 0.717) is 17.4 Å². The van der Waals surface area contributed by atoms with Crippen LogP contribution in [0.4, 0.5) is 5.13 Å². The first-order chi connectivity index (χ1) is 13.2. The van der Waals surface area contributed by atoms with Crippen molar-refractivity contribution < 1.29 is 4.79 Å². The van der Waals surface area contributed by atoms with E-state index in [2.05, 4.69) is 15.3 Å². The Balaban J connectivity index is 1.53. The highest BCUT2D eigenvalue weighted by Gasteiger charge is 2.15. The molecule has 3 heterocycles. The molecule has 4 rings (SSSR count). The van der Waals surface area contributed by atoms with Crippen molar-refractivity contribution in [2.24, 2.45) is 0 Å². The Morgan fingerprint density at radius 3 is 2.63 bits per heavy atom. The topological polar surface area (TPSA) is 59.8 Å². The summed E-state index contributed by atoms with van der Waals surface area (Å²) < 4.78 is 1.92. The number of hydrogen-bond acceptors (Lipinski definition) is 4. The summed E-state index contributed by atoms with van der Waals surface area (Å²) in [6.07, 6.45) is 5.40. The van der Waals surface area contributed by atoms with Gasteiger partial charge in [0.2, 0.25) is 0 Å². The van der Waals surface area contributed by atoms with Crippen LogP contribution in [0, 0.1) is 6.92 Å². The minimum atomic E-state index is -0.164. The molecular formula is C21H18N4OS. The van der Waals surface area contributed by atoms with Gasteiger partial charge in [0, 0.05) is 25.1 Å². The van der Waals surface area contributed by atoms with Gasteiger partial charge in [-0.2, -0.15) is 0 Å². The average molecular weight is 374 g/mol. The van der Waals surface area contributed by atoms with Crippen molar-refractivity contribution in [2.45, 2.75) is 13.5 Å². The Bertz CT molecular complexity index is 1050. The third-order valence-electron chi connectivity index (χ3n) is 4.22. The zero-order chi connectivity index (χ0) is 18.6. The number of aromatic nitrogens is 3. The maximum atomic E-state index is 12.8. The zero-order valence-electron chi connectivity index (χ0n) is 14.8. The fraction of sp³-hybridized carbons (Fsp3) is 0.0952. The number of anilines is 1. The number of aryl methyl sites for hydroxylation is 1. The second-order valence-electron chi connectivity index (χ2n) is 6.13. The van der Waals surface area contributed by atoms with Crippen molar-refractivity contribution >= 4 is 22.4 Å². The molecule has 1 aromatic carbocycles. The number of nitrogens with one attached hydrogen (secondary N) is 1. The van der Waals surface area contributed by atoms with Crippen LogP contribution in [-0.2, 0) is 6.54 Å². The fourth-order valence-electron chi connectivity index (χ4n) is 2.91. The van der Waals surface area contributed by atoms with Crippen molar-refractivity contribution in [3.05, 3.63) is 90.1 Å². The van der Waals surface area contributed by atoms with Crippen molar-refractivity contribution in [2.75, 3.05) is 5.32 Å². The fourth-order valence-corrected chi connectivity index (χ4v) is 3.88. The van der Waals surface area contributed by atoms with Gasteiger partial charge >= 0.3 is 0 Å². The average Bonchev–Trinajstić information content (AvgIpc) is 3.29. The number of nitrogens with zero attached hydrogens (tertiary/aromatic N) is 3. The number of thiazole rings is 1. The van der Waals surface area contributed by atoms with Crippen LogP contribution in [0.5, 0.6) is 0 Å². The van der Waals surface area contributed by atoms with Crippen LogP contribution in [0.2, 0.25) is 0 Å².